The average molecular weight is 298 g/mol. The van der Waals surface area contributed by atoms with Gasteiger partial charge >= 0.3 is 5.97 Å². The van der Waals surface area contributed by atoms with Gasteiger partial charge in [0.05, 0.1) is 30.1 Å². The molecule has 0 aliphatic carbocycles. The van der Waals surface area contributed by atoms with E-state index in [1.807, 2.05) is 0 Å². The Morgan fingerprint density at radius 3 is 2.86 bits per heavy atom. The first-order valence-corrected chi connectivity index (χ1v) is 6.33. The predicted octanol–water partition coefficient (Wildman–Crippen LogP) is 1.27. The fourth-order valence-electron chi connectivity index (χ4n) is 2.45. The largest absolute Gasteiger partial charge is 0.481 e. The van der Waals surface area contributed by atoms with Crippen molar-refractivity contribution in [3.8, 4) is 0 Å². The van der Waals surface area contributed by atoms with E-state index >= 15 is 0 Å². The Bertz CT molecular complexity index is 565. The molecule has 0 radical (unpaired) electrons. The summed E-state index contributed by atoms with van der Waals surface area (Å²) in [6.07, 6.45) is 0. The van der Waals surface area contributed by atoms with Crippen LogP contribution in [0.3, 0.4) is 0 Å². The number of benzene rings is 1. The molecule has 8 heteroatoms. The molecule has 1 aromatic carbocycles. The maximum Gasteiger partial charge on any atom is 0.310 e. The molecule has 7 nitrogen and oxygen atoms in total. The molecule has 2 unspecified atom stereocenters. The lowest BCUT2D eigenvalue weighted by atomic mass is 10.0. The number of carboxylic acids is 1. The summed E-state index contributed by atoms with van der Waals surface area (Å²) >= 11 is 0. The smallest absolute Gasteiger partial charge is 0.310 e. The molecule has 0 saturated carbocycles. The van der Waals surface area contributed by atoms with E-state index in [2.05, 4.69) is 0 Å². The molecular weight excluding hydrogens is 283 g/mol. The third-order valence-electron chi connectivity index (χ3n) is 3.52. The topological polar surface area (TPSA) is 92.9 Å². The molecule has 0 amide bonds. The first kappa shape index (κ1) is 15.3. The van der Waals surface area contributed by atoms with E-state index in [0.29, 0.717) is 5.56 Å². The SMILES string of the molecule is CN(Cc1cc(F)cc([N+](=O)[O-])c1)C1COCC1C(=O)O. The number of hydrogen-bond acceptors (Lipinski definition) is 5. The summed E-state index contributed by atoms with van der Waals surface area (Å²) in [6, 6.07) is 2.99. The zero-order valence-corrected chi connectivity index (χ0v) is 11.4. The third-order valence-corrected chi connectivity index (χ3v) is 3.52. The second-order valence-electron chi connectivity index (χ2n) is 5.04. The van der Waals surface area contributed by atoms with Crippen LogP contribution in [0.5, 0.6) is 0 Å². The van der Waals surface area contributed by atoms with E-state index in [1.54, 1.807) is 11.9 Å². The van der Waals surface area contributed by atoms with Crippen LogP contribution in [0.15, 0.2) is 18.2 Å². The van der Waals surface area contributed by atoms with Gasteiger partial charge in [-0.25, -0.2) is 4.39 Å². The number of halogens is 1. The maximum absolute atomic E-state index is 13.4. The second kappa shape index (κ2) is 6.15. The minimum absolute atomic E-state index is 0.133. The molecule has 1 aliphatic heterocycles. The van der Waals surface area contributed by atoms with Crippen LogP contribution in [-0.4, -0.2) is 47.2 Å². The Morgan fingerprint density at radius 2 is 2.24 bits per heavy atom. The summed E-state index contributed by atoms with van der Waals surface area (Å²) in [5.74, 6) is -2.29. The van der Waals surface area contributed by atoms with Gasteiger partial charge in [-0.15, -0.1) is 0 Å². The van der Waals surface area contributed by atoms with E-state index in [1.165, 1.54) is 12.1 Å². The molecule has 1 fully saturated rings. The van der Waals surface area contributed by atoms with Gasteiger partial charge in [0.15, 0.2) is 0 Å². The molecule has 2 rings (SSSR count). The number of nitrogens with zero attached hydrogens (tertiary/aromatic N) is 2. The highest BCUT2D eigenvalue weighted by Gasteiger charge is 2.36. The maximum atomic E-state index is 13.4. The number of nitro benzene ring substituents is 1. The lowest BCUT2D eigenvalue weighted by molar-refractivity contribution is -0.385. The molecule has 1 N–H and O–H groups in total. The van der Waals surface area contributed by atoms with Gasteiger partial charge in [0, 0.05) is 18.7 Å². The lowest BCUT2D eigenvalue weighted by Crippen LogP contribution is -2.40. The molecule has 2 atom stereocenters. The van der Waals surface area contributed by atoms with Gasteiger partial charge in [-0.3, -0.25) is 19.8 Å². The fourth-order valence-corrected chi connectivity index (χ4v) is 2.45. The molecule has 1 aromatic rings. The summed E-state index contributed by atoms with van der Waals surface area (Å²) in [5, 5.41) is 19.8. The third kappa shape index (κ3) is 3.53. The van der Waals surface area contributed by atoms with E-state index in [4.69, 9.17) is 9.84 Å². The average Bonchev–Trinajstić information content (AvgIpc) is 2.87. The fraction of sp³-hybridized carbons (Fsp3) is 0.462. The van der Waals surface area contributed by atoms with E-state index in [-0.39, 0.29) is 31.5 Å². The van der Waals surface area contributed by atoms with Crippen LogP contribution in [0, 0.1) is 21.8 Å². The summed E-state index contributed by atoms with van der Waals surface area (Å²) in [7, 11) is 1.69. The zero-order valence-electron chi connectivity index (χ0n) is 11.4. The number of nitro groups is 1. The van der Waals surface area contributed by atoms with Gasteiger partial charge in [0.1, 0.15) is 5.82 Å². The number of rotatable bonds is 5. The molecule has 21 heavy (non-hydrogen) atoms. The van der Waals surface area contributed by atoms with Gasteiger partial charge in [0.25, 0.3) is 5.69 Å². The van der Waals surface area contributed by atoms with Crippen molar-refractivity contribution in [2.75, 3.05) is 20.3 Å². The normalized spacial score (nSPS) is 21.7. The highest BCUT2D eigenvalue weighted by atomic mass is 19.1. The number of aliphatic carboxylic acids is 1. The molecular formula is C13H15FN2O5. The molecule has 1 saturated heterocycles. The molecule has 1 aliphatic rings. The molecule has 114 valence electrons. The van der Waals surface area contributed by atoms with Crippen molar-refractivity contribution in [3.63, 3.8) is 0 Å². The van der Waals surface area contributed by atoms with Crippen molar-refractivity contribution >= 4 is 11.7 Å². The second-order valence-corrected chi connectivity index (χ2v) is 5.04. The predicted molar refractivity (Wildman–Crippen MR) is 70.3 cm³/mol. The van der Waals surface area contributed by atoms with E-state index < -0.39 is 22.6 Å². The lowest BCUT2D eigenvalue weighted by Gasteiger charge is -2.26. The van der Waals surface area contributed by atoms with Crippen molar-refractivity contribution in [2.45, 2.75) is 12.6 Å². The van der Waals surface area contributed by atoms with Crippen molar-refractivity contribution in [3.05, 3.63) is 39.7 Å². The summed E-state index contributed by atoms with van der Waals surface area (Å²) in [5.41, 5.74) is 0.0936. The van der Waals surface area contributed by atoms with Crippen molar-refractivity contribution in [2.24, 2.45) is 5.92 Å². The van der Waals surface area contributed by atoms with Gasteiger partial charge in [-0.2, -0.15) is 0 Å². The van der Waals surface area contributed by atoms with Crippen molar-refractivity contribution in [1.82, 2.24) is 4.90 Å². The first-order chi connectivity index (χ1) is 9.88. The standard InChI is InChI=1S/C13H15FN2O5/c1-15(12-7-21-6-11(12)13(17)18)5-8-2-9(14)4-10(3-8)16(19)20/h2-4,11-12H,5-7H2,1H3,(H,17,18). The van der Waals surface area contributed by atoms with E-state index in [0.717, 1.165) is 6.07 Å². The van der Waals surface area contributed by atoms with Crippen molar-refractivity contribution in [1.29, 1.82) is 0 Å². The molecule has 0 spiro atoms. The Kier molecular flexibility index (Phi) is 4.49. The Hall–Kier alpha value is -2.06. The Labute approximate surface area is 120 Å². The zero-order chi connectivity index (χ0) is 15.6. The van der Waals surface area contributed by atoms with Gasteiger partial charge in [-0.05, 0) is 18.7 Å². The van der Waals surface area contributed by atoms with Crippen LogP contribution in [-0.2, 0) is 16.1 Å². The van der Waals surface area contributed by atoms with Crippen LogP contribution in [0.4, 0.5) is 10.1 Å². The highest BCUT2D eigenvalue weighted by Crippen LogP contribution is 2.22. The van der Waals surface area contributed by atoms with E-state index in [9.17, 15) is 19.3 Å². The molecule has 0 bridgehead atoms. The van der Waals surface area contributed by atoms with Crippen LogP contribution < -0.4 is 0 Å². The Balaban J connectivity index is 2.14. The summed E-state index contributed by atoms with van der Waals surface area (Å²) < 4.78 is 18.5. The Morgan fingerprint density at radius 1 is 1.52 bits per heavy atom. The number of non-ortho nitro benzene ring substituents is 1. The quantitative estimate of drug-likeness (QED) is 0.650. The summed E-state index contributed by atoms with van der Waals surface area (Å²) in [4.78, 5) is 22.9. The minimum atomic E-state index is -0.949. The minimum Gasteiger partial charge on any atom is -0.481 e. The first-order valence-electron chi connectivity index (χ1n) is 6.33. The van der Waals surface area contributed by atoms with Gasteiger partial charge in [-0.1, -0.05) is 0 Å². The number of likely N-dealkylation sites (N-methyl/N-ethyl adjacent to an activating group) is 1. The highest BCUT2D eigenvalue weighted by molar-refractivity contribution is 5.71. The number of hydrogen-bond donors (Lipinski definition) is 1. The van der Waals surface area contributed by atoms with Gasteiger partial charge in [0.2, 0.25) is 0 Å². The van der Waals surface area contributed by atoms with Crippen molar-refractivity contribution < 1.29 is 24.0 Å². The molecule has 1 heterocycles. The number of carboxylic acid groups (broad SMARTS) is 1. The van der Waals surface area contributed by atoms with Gasteiger partial charge < -0.3 is 9.84 Å². The van der Waals surface area contributed by atoms with Crippen LogP contribution in [0.1, 0.15) is 5.56 Å². The van der Waals surface area contributed by atoms with Crippen LogP contribution in [0.2, 0.25) is 0 Å². The number of carbonyl (C=O) groups is 1. The monoisotopic (exact) mass is 298 g/mol. The van der Waals surface area contributed by atoms with Crippen LogP contribution >= 0.6 is 0 Å². The summed E-state index contributed by atoms with van der Waals surface area (Å²) in [6.45, 7) is 0.606. The molecule has 0 aromatic heterocycles. The van der Waals surface area contributed by atoms with Crippen LogP contribution in [0.25, 0.3) is 0 Å². The number of ether oxygens (including phenoxy) is 1.